The molecule has 110 valence electrons. The van der Waals surface area contributed by atoms with E-state index >= 15 is 0 Å². The van der Waals surface area contributed by atoms with E-state index in [1.807, 2.05) is 36.4 Å². The summed E-state index contributed by atoms with van der Waals surface area (Å²) in [7, 11) is 0. The van der Waals surface area contributed by atoms with Gasteiger partial charge in [0, 0.05) is 36.4 Å². The van der Waals surface area contributed by atoms with Crippen LogP contribution in [0.3, 0.4) is 0 Å². The molecule has 0 aliphatic carbocycles. The highest BCUT2D eigenvalue weighted by molar-refractivity contribution is 5.86. The Balaban J connectivity index is 1.66. The predicted octanol–water partition coefficient (Wildman–Crippen LogP) is 4.63. The Morgan fingerprint density at radius 3 is 2.68 bits per heavy atom. The van der Waals surface area contributed by atoms with Gasteiger partial charge in [0.25, 0.3) is 0 Å². The predicted molar refractivity (Wildman–Crippen MR) is 89.7 cm³/mol. The fraction of sp³-hybridized carbons (Fsp3) is 0.211. The largest absolute Gasteiger partial charge is 0.438 e. The molecule has 22 heavy (non-hydrogen) atoms. The first-order valence-electron chi connectivity index (χ1n) is 7.77. The third-order valence-electron chi connectivity index (χ3n) is 4.14. The van der Waals surface area contributed by atoms with Crippen LogP contribution in [0.5, 0.6) is 11.6 Å². The van der Waals surface area contributed by atoms with Crippen molar-refractivity contribution < 1.29 is 4.74 Å². The third kappa shape index (κ3) is 2.50. The first-order valence-corrected chi connectivity index (χ1v) is 7.77. The zero-order chi connectivity index (χ0) is 14.8. The van der Waals surface area contributed by atoms with Crippen LogP contribution in [0, 0.1) is 0 Å². The van der Waals surface area contributed by atoms with Crippen molar-refractivity contribution in [1.29, 1.82) is 0 Å². The van der Waals surface area contributed by atoms with Crippen LogP contribution in [0.1, 0.15) is 12.8 Å². The SMILES string of the molecule is c1cc(Oc2nccc3ccccc23)cc(N2CCCC2)c1. The van der Waals surface area contributed by atoms with Crippen molar-refractivity contribution in [1.82, 2.24) is 4.98 Å². The van der Waals surface area contributed by atoms with Gasteiger partial charge >= 0.3 is 0 Å². The maximum absolute atomic E-state index is 6.05. The molecular formula is C19H18N2O. The molecule has 1 aliphatic heterocycles. The number of fused-ring (bicyclic) bond motifs is 1. The zero-order valence-electron chi connectivity index (χ0n) is 12.4. The number of anilines is 1. The molecule has 0 spiro atoms. The fourth-order valence-corrected chi connectivity index (χ4v) is 3.00. The first kappa shape index (κ1) is 13.1. The summed E-state index contributed by atoms with van der Waals surface area (Å²) >= 11 is 0. The Morgan fingerprint density at radius 2 is 1.77 bits per heavy atom. The fourth-order valence-electron chi connectivity index (χ4n) is 3.00. The number of ether oxygens (including phenoxy) is 1. The molecule has 1 fully saturated rings. The van der Waals surface area contributed by atoms with Crippen LogP contribution in [-0.2, 0) is 0 Å². The number of nitrogens with zero attached hydrogens (tertiary/aromatic N) is 2. The lowest BCUT2D eigenvalue weighted by Crippen LogP contribution is -2.17. The van der Waals surface area contributed by atoms with Crippen LogP contribution in [0.4, 0.5) is 5.69 Å². The molecule has 0 amide bonds. The van der Waals surface area contributed by atoms with E-state index in [1.165, 1.54) is 18.5 Å². The number of aromatic nitrogens is 1. The zero-order valence-corrected chi connectivity index (χ0v) is 12.4. The minimum Gasteiger partial charge on any atom is -0.438 e. The topological polar surface area (TPSA) is 25.4 Å². The van der Waals surface area contributed by atoms with E-state index in [1.54, 1.807) is 6.20 Å². The Labute approximate surface area is 130 Å². The van der Waals surface area contributed by atoms with E-state index in [0.717, 1.165) is 29.6 Å². The quantitative estimate of drug-likeness (QED) is 0.703. The van der Waals surface area contributed by atoms with E-state index in [4.69, 9.17) is 4.74 Å². The maximum atomic E-state index is 6.05. The Morgan fingerprint density at radius 1 is 0.909 bits per heavy atom. The summed E-state index contributed by atoms with van der Waals surface area (Å²) in [5.74, 6) is 1.50. The van der Waals surface area contributed by atoms with Crippen LogP contribution in [-0.4, -0.2) is 18.1 Å². The van der Waals surface area contributed by atoms with E-state index in [2.05, 4.69) is 28.1 Å². The molecular weight excluding hydrogens is 272 g/mol. The van der Waals surface area contributed by atoms with Crippen LogP contribution < -0.4 is 9.64 Å². The summed E-state index contributed by atoms with van der Waals surface area (Å²) in [6.07, 6.45) is 4.34. The standard InChI is InChI=1S/C19H18N2O/c1-2-9-18-15(6-1)10-11-20-19(18)22-17-8-5-7-16(14-17)21-12-3-4-13-21/h1-2,5-11,14H,3-4,12-13H2. The molecule has 3 nitrogen and oxygen atoms in total. The number of hydrogen-bond donors (Lipinski definition) is 0. The summed E-state index contributed by atoms with van der Waals surface area (Å²) < 4.78 is 6.05. The molecule has 0 atom stereocenters. The van der Waals surface area contributed by atoms with Crippen LogP contribution >= 0.6 is 0 Å². The van der Waals surface area contributed by atoms with Crippen molar-refractivity contribution in [2.45, 2.75) is 12.8 Å². The van der Waals surface area contributed by atoms with E-state index < -0.39 is 0 Å². The molecule has 0 radical (unpaired) electrons. The summed E-state index contributed by atoms with van der Waals surface area (Å²) in [6.45, 7) is 2.27. The van der Waals surface area contributed by atoms with Gasteiger partial charge in [-0.2, -0.15) is 0 Å². The second-order valence-corrected chi connectivity index (χ2v) is 5.63. The summed E-state index contributed by atoms with van der Waals surface area (Å²) in [6, 6.07) is 18.5. The molecule has 3 heteroatoms. The second-order valence-electron chi connectivity index (χ2n) is 5.63. The molecule has 3 aromatic rings. The minimum atomic E-state index is 0.664. The van der Waals surface area contributed by atoms with Crippen LogP contribution in [0.25, 0.3) is 10.8 Å². The van der Waals surface area contributed by atoms with E-state index in [0.29, 0.717) is 5.88 Å². The number of hydrogen-bond acceptors (Lipinski definition) is 3. The molecule has 0 unspecified atom stereocenters. The van der Waals surface area contributed by atoms with E-state index in [-0.39, 0.29) is 0 Å². The molecule has 0 bridgehead atoms. The highest BCUT2D eigenvalue weighted by Gasteiger charge is 2.13. The monoisotopic (exact) mass is 290 g/mol. The van der Waals surface area contributed by atoms with Gasteiger partial charge in [0.2, 0.25) is 5.88 Å². The summed E-state index contributed by atoms with van der Waals surface area (Å²) in [4.78, 5) is 6.80. The normalized spacial score (nSPS) is 14.5. The maximum Gasteiger partial charge on any atom is 0.227 e. The van der Waals surface area contributed by atoms with Crippen molar-refractivity contribution >= 4 is 16.5 Å². The molecule has 1 saturated heterocycles. The molecule has 0 N–H and O–H groups in total. The highest BCUT2D eigenvalue weighted by atomic mass is 16.5. The summed E-state index contributed by atoms with van der Waals surface area (Å²) in [5, 5.41) is 2.18. The molecule has 2 heterocycles. The van der Waals surface area contributed by atoms with Gasteiger partial charge in [0.15, 0.2) is 0 Å². The summed E-state index contributed by atoms with van der Waals surface area (Å²) in [5.41, 5.74) is 1.23. The van der Waals surface area contributed by atoms with Crippen LogP contribution in [0.15, 0.2) is 60.8 Å². The number of benzene rings is 2. The van der Waals surface area contributed by atoms with Crippen molar-refractivity contribution in [3.8, 4) is 11.6 Å². The highest BCUT2D eigenvalue weighted by Crippen LogP contribution is 2.30. The van der Waals surface area contributed by atoms with E-state index in [9.17, 15) is 0 Å². The van der Waals surface area contributed by atoms with Crippen molar-refractivity contribution in [3.63, 3.8) is 0 Å². The van der Waals surface area contributed by atoms with Gasteiger partial charge in [-0.1, -0.05) is 24.3 Å². The van der Waals surface area contributed by atoms with Gasteiger partial charge in [0.1, 0.15) is 5.75 Å². The van der Waals surface area contributed by atoms with Gasteiger partial charge in [-0.25, -0.2) is 4.98 Å². The molecule has 1 aromatic heterocycles. The molecule has 1 aliphatic rings. The van der Waals surface area contributed by atoms with Crippen LogP contribution in [0.2, 0.25) is 0 Å². The number of pyridine rings is 1. The average Bonchev–Trinajstić information content (AvgIpc) is 3.10. The Kier molecular flexibility index (Phi) is 3.39. The second kappa shape index (κ2) is 5.68. The van der Waals surface area contributed by atoms with Crippen molar-refractivity contribution in [2.75, 3.05) is 18.0 Å². The van der Waals surface area contributed by atoms with Crippen molar-refractivity contribution in [2.24, 2.45) is 0 Å². The van der Waals surface area contributed by atoms with Gasteiger partial charge in [0.05, 0.1) is 0 Å². The Bertz CT molecular complexity index is 789. The van der Waals surface area contributed by atoms with Gasteiger partial charge < -0.3 is 9.64 Å². The lowest BCUT2D eigenvalue weighted by molar-refractivity contribution is 0.469. The molecule has 2 aromatic carbocycles. The third-order valence-corrected chi connectivity index (χ3v) is 4.14. The Hall–Kier alpha value is -2.55. The van der Waals surface area contributed by atoms with Crippen molar-refractivity contribution in [3.05, 3.63) is 60.8 Å². The molecule has 0 saturated carbocycles. The average molecular weight is 290 g/mol. The first-order chi connectivity index (χ1) is 10.9. The number of rotatable bonds is 3. The molecule has 4 rings (SSSR count). The van der Waals surface area contributed by atoms with Gasteiger partial charge in [-0.3, -0.25) is 0 Å². The van der Waals surface area contributed by atoms with Gasteiger partial charge in [-0.15, -0.1) is 0 Å². The lowest BCUT2D eigenvalue weighted by Gasteiger charge is -2.18. The lowest BCUT2D eigenvalue weighted by atomic mass is 10.2. The smallest absolute Gasteiger partial charge is 0.227 e. The minimum absolute atomic E-state index is 0.664. The van der Waals surface area contributed by atoms with Gasteiger partial charge in [-0.05, 0) is 42.5 Å².